The summed E-state index contributed by atoms with van der Waals surface area (Å²) in [5, 5.41) is 3.28. The maximum atomic E-state index is 4.57. The van der Waals surface area contributed by atoms with Crippen LogP contribution >= 0.6 is 27.3 Å². The van der Waals surface area contributed by atoms with Gasteiger partial charge in [-0.05, 0) is 47.6 Å². The lowest BCUT2D eigenvalue weighted by Crippen LogP contribution is -2.13. The standard InChI is InChI=1S/C12H14BrN3S/c1-3-14-7-9-6-8(2)15-12(16-9)10-4-5-11(13)17-10/h4-6,14H,3,7H2,1-2H3. The topological polar surface area (TPSA) is 37.8 Å². The van der Waals surface area contributed by atoms with E-state index < -0.39 is 0 Å². The second kappa shape index (κ2) is 5.71. The second-order valence-corrected chi connectivity index (χ2v) is 6.17. The fourth-order valence-corrected chi connectivity index (χ4v) is 2.84. The Kier molecular flexibility index (Phi) is 4.25. The molecule has 0 spiro atoms. The SMILES string of the molecule is CCNCc1cc(C)nc(-c2ccc(Br)s2)n1. The van der Waals surface area contributed by atoms with Gasteiger partial charge in [-0.15, -0.1) is 11.3 Å². The molecule has 0 bridgehead atoms. The third kappa shape index (κ3) is 3.34. The molecule has 0 aliphatic heterocycles. The maximum Gasteiger partial charge on any atom is 0.169 e. The van der Waals surface area contributed by atoms with E-state index >= 15 is 0 Å². The van der Waals surface area contributed by atoms with Crippen molar-refractivity contribution in [2.45, 2.75) is 20.4 Å². The summed E-state index contributed by atoms with van der Waals surface area (Å²) < 4.78 is 1.10. The molecule has 0 radical (unpaired) electrons. The molecule has 3 nitrogen and oxygen atoms in total. The molecule has 5 heteroatoms. The Morgan fingerprint density at radius 1 is 1.35 bits per heavy atom. The van der Waals surface area contributed by atoms with Crippen molar-refractivity contribution in [1.29, 1.82) is 0 Å². The molecule has 0 aromatic carbocycles. The van der Waals surface area contributed by atoms with Crippen molar-refractivity contribution in [3.8, 4) is 10.7 Å². The Hall–Kier alpha value is -0.780. The number of thiophene rings is 1. The van der Waals surface area contributed by atoms with Crippen LogP contribution in [0.1, 0.15) is 18.3 Å². The molecule has 0 saturated heterocycles. The first kappa shape index (κ1) is 12.7. The fourth-order valence-electron chi connectivity index (χ4n) is 1.52. The number of hydrogen-bond acceptors (Lipinski definition) is 4. The van der Waals surface area contributed by atoms with Gasteiger partial charge >= 0.3 is 0 Å². The van der Waals surface area contributed by atoms with E-state index in [0.717, 1.165) is 39.0 Å². The predicted molar refractivity (Wildman–Crippen MR) is 75.2 cm³/mol. The third-order valence-electron chi connectivity index (χ3n) is 2.26. The van der Waals surface area contributed by atoms with E-state index in [-0.39, 0.29) is 0 Å². The third-order valence-corrected chi connectivity index (χ3v) is 3.88. The van der Waals surface area contributed by atoms with Gasteiger partial charge in [0.15, 0.2) is 5.82 Å². The van der Waals surface area contributed by atoms with Gasteiger partial charge in [0, 0.05) is 12.2 Å². The van der Waals surface area contributed by atoms with E-state index in [1.807, 2.05) is 25.1 Å². The van der Waals surface area contributed by atoms with Crippen molar-refractivity contribution in [2.75, 3.05) is 6.54 Å². The van der Waals surface area contributed by atoms with Gasteiger partial charge in [0.1, 0.15) is 0 Å². The van der Waals surface area contributed by atoms with E-state index in [1.54, 1.807) is 11.3 Å². The van der Waals surface area contributed by atoms with E-state index in [0.29, 0.717) is 0 Å². The van der Waals surface area contributed by atoms with Gasteiger partial charge in [-0.2, -0.15) is 0 Å². The molecule has 1 N–H and O–H groups in total. The number of rotatable bonds is 4. The first-order chi connectivity index (χ1) is 8.19. The van der Waals surface area contributed by atoms with Crippen LogP contribution < -0.4 is 5.32 Å². The Morgan fingerprint density at radius 3 is 2.82 bits per heavy atom. The maximum absolute atomic E-state index is 4.57. The number of halogens is 1. The number of aryl methyl sites for hydroxylation is 1. The van der Waals surface area contributed by atoms with Gasteiger partial charge in [-0.1, -0.05) is 6.92 Å². The highest BCUT2D eigenvalue weighted by molar-refractivity contribution is 9.11. The lowest BCUT2D eigenvalue weighted by molar-refractivity contribution is 0.708. The highest BCUT2D eigenvalue weighted by Gasteiger charge is 2.07. The Balaban J connectivity index is 2.31. The molecule has 0 aliphatic rings. The highest BCUT2D eigenvalue weighted by atomic mass is 79.9. The fraction of sp³-hybridized carbons (Fsp3) is 0.333. The van der Waals surface area contributed by atoms with E-state index in [2.05, 4.69) is 38.1 Å². The van der Waals surface area contributed by atoms with Crippen LogP contribution in [0.15, 0.2) is 22.0 Å². The Labute approximate surface area is 113 Å². The van der Waals surface area contributed by atoms with Crippen molar-refractivity contribution in [2.24, 2.45) is 0 Å². The van der Waals surface area contributed by atoms with Crippen LogP contribution in [0.3, 0.4) is 0 Å². The molecule has 0 fully saturated rings. The summed E-state index contributed by atoms with van der Waals surface area (Å²) in [7, 11) is 0. The van der Waals surface area contributed by atoms with Crippen LogP contribution in [0.2, 0.25) is 0 Å². The molecule has 90 valence electrons. The molecule has 0 aliphatic carbocycles. The van der Waals surface area contributed by atoms with E-state index in [9.17, 15) is 0 Å². The first-order valence-electron chi connectivity index (χ1n) is 5.50. The minimum atomic E-state index is 0.791. The smallest absolute Gasteiger partial charge is 0.169 e. The molecule has 0 saturated carbocycles. The molecule has 0 atom stereocenters. The van der Waals surface area contributed by atoms with Gasteiger partial charge in [0.05, 0.1) is 14.4 Å². The lowest BCUT2D eigenvalue weighted by atomic mass is 10.3. The summed E-state index contributed by atoms with van der Waals surface area (Å²) in [6.45, 7) is 5.83. The predicted octanol–water partition coefficient (Wildman–Crippen LogP) is 3.39. The van der Waals surface area contributed by atoms with Crippen molar-refractivity contribution in [1.82, 2.24) is 15.3 Å². The molecular formula is C12H14BrN3S. The second-order valence-electron chi connectivity index (χ2n) is 3.71. The molecule has 2 aromatic rings. The molecule has 0 unspecified atom stereocenters. The van der Waals surface area contributed by atoms with E-state index in [4.69, 9.17) is 0 Å². The quantitative estimate of drug-likeness (QED) is 0.940. The number of hydrogen-bond donors (Lipinski definition) is 1. The zero-order chi connectivity index (χ0) is 12.3. The molecular weight excluding hydrogens is 298 g/mol. The summed E-state index contributed by atoms with van der Waals surface area (Å²) in [6, 6.07) is 6.09. The first-order valence-corrected chi connectivity index (χ1v) is 7.11. The van der Waals surface area contributed by atoms with Gasteiger partial charge < -0.3 is 5.32 Å². The monoisotopic (exact) mass is 311 g/mol. The molecule has 17 heavy (non-hydrogen) atoms. The van der Waals surface area contributed by atoms with E-state index in [1.165, 1.54) is 0 Å². The van der Waals surface area contributed by atoms with Crippen molar-refractivity contribution >= 4 is 27.3 Å². The minimum Gasteiger partial charge on any atom is -0.311 e. The Bertz CT molecular complexity index is 510. The van der Waals surface area contributed by atoms with Crippen molar-refractivity contribution in [3.63, 3.8) is 0 Å². The highest BCUT2D eigenvalue weighted by Crippen LogP contribution is 2.29. The Morgan fingerprint density at radius 2 is 2.18 bits per heavy atom. The van der Waals surface area contributed by atoms with Crippen molar-refractivity contribution < 1.29 is 0 Å². The summed E-state index contributed by atoms with van der Waals surface area (Å²) in [6.07, 6.45) is 0. The zero-order valence-electron chi connectivity index (χ0n) is 9.83. The van der Waals surface area contributed by atoms with Crippen LogP contribution in [-0.4, -0.2) is 16.5 Å². The molecule has 2 rings (SSSR count). The summed E-state index contributed by atoms with van der Waals surface area (Å²) >= 11 is 5.11. The van der Waals surface area contributed by atoms with Crippen LogP contribution in [0, 0.1) is 6.92 Å². The number of nitrogens with one attached hydrogen (secondary N) is 1. The van der Waals surface area contributed by atoms with Crippen LogP contribution in [0.5, 0.6) is 0 Å². The average Bonchev–Trinajstić information content (AvgIpc) is 2.72. The number of aromatic nitrogens is 2. The average molecular weight is 312 g/mol. The molecule has 2 heterocycles. The lowest BCUT2D eigenvalue weighted by Gasteiger charge is -2.05. The minimum absolute atomic E-state index is 0.791. The van der Waals surface area contributed by atoms with Crippen molar-refractivity contribution in [3.05, 3.63) is 33.4 Å². The molecule has 2 aromatic heterocycles. The van der Waals surface area contributed by atoms with Crippen LogP contribution in [0.25, 0.3) is 10.7 Å². The largest absolute Gasteiger partial charge is 0.311 e. The van der Waals surface area contributed by atoms with Gasteiger partial charge in [0.2, 0.25) is 0 Å². The van der Waals surface area contributed by atoms with Gasteiger partial charge in [-0.3, -0.25) is 0 Å². The number of nitrogens with zero attached hydrogens (tertiary/aromatic N) is 2. The summed E-state index contributed by atoms with van der Waals surface area (Å²) in [4.78, 5) is 10.1. The molecule has 0 amide bonds. The van der Waals surface area contributed by atoms with Crippen LogP contribution in [-0.2, 0) is 6.54 Å². The zero-order valence-corrected chi connectivity index (χ0v) is 12.2. The van der Waals surface area contributed by atoms with Gasteiger partial charge in [0.25, 0.3) is 0 Å². The normalized spacial score (nSPS) is 10.8. The van der Waals surface area contributed by atoms with Gasteiger partial charge in [-0.25, -0.2) is 9.97 Å². The van der Waals surface area contributed by atoms with Crippen LogP contribution in [0.4, 0.5) is 0 Å². The summed E-state index contributed by atoms with van der Waals surface area (Å²) in [5.41, 5.74) is 2.05. The summed E-state index contributed by atoms with van der Waals surface area (Å²) in [5.74, 6) is 0.814.